The second kappa shape index (κ2) is 6.91. The lowest BCUT2D eigenvalue weighted by molar-refractivity contribution is 0.260. The molecule has 2 nitrogen and oxygen atoms in total. The van der Waals surface area contributed by atoms with Crippen molar-refractivity contribution in [3.05, 3.63) is 0 Å². The van der Waals surface area contributed by atoms with Gasteiger partial charge in [-0.15, -0.1) is 0 Å². The molecule has 0 bridgehead atoms. The molecule has 0 aromatic carbocycles. The fraction of sp³-hybridized carbons (Fsp3) is 1.00. The minimum absolute atomic E-state index is 0.575. The molecular formula is C16H32N2. The Hall–Kier alpha value is -0.0800. The van der Waals surface area contributed by atoms with Gasteiger partial charge in [0.25, 0.3) is 0 Å². The molecule has 1 aliphatic heterocycles. The number of nitrogens with one attached hydrogen (secondary N) is 1. The lowest BCUT2D eigenvalue weighted by atomic mass is 9.85. The van der Waals surface area contributed by atoms with Crippen molar-refractivity contribution in [2.24, 2.45) is 11.3 Å². The lowest BCUT2D eigenvalue weighted by Crippen LogP contribution is -2.34. The summed E-state index contributed by atoms with van der Waals surface area (Å²) in [4.78, 5) is 2.66. The maximum atomic E-state index is 3.67. The molecule has 18 heavy (non-hydrogen) atoms. The summed E-state index contributed by atoms with van der Waals surface area (Å²) in [6.07, 6.45) is 10.0. The van der Waals surface area contributed by atoms with Gasteiger partial charge in [0, 0.05) is 13.1 Å². The van der Waals surface area contributed by atoms with Crippen molar-refractivity contribution in [3.63, 3.8) is 0 Å². The predicted molar refractivity (Wildman–Crippen MR) is 78.9 cm³/mol. The van der Waals surface area contributed by atoms with Crippen molar-refractivity contribution in [3.8, 4) is 0 Å². The zero-order chi connectivity index (χ0) is 12.8. The van der Waals surface area contributed by atoms with Crippen LogP contribution in [0.1, 0.15) is 58.8 Å². The lowest BCUT2D eigenvalue weighted by Gasteiger charge is -2.23. The Labute approximate surface area is 114 Å². The largest absolute Gasteiger partial charge is 0.315 e. The van der Waals surface area contributed by atoms with E-state index in [0.29, 0.717) is 5.41 Å². The van der Waals surface area contributed by atoms with E-state index in [1.807, 2.05) is 0 Å². The molecule has 2 fully saturated rings. The Morgan fingerprint density at radius 2 is 1.83 bits per heavy atom. The van der Waals surface area contributed by atoms with Crippen molar-refractivity contribution in [1.82, 2.24) is 10.2 Å². The van der Waals surface area contributed by atoms with Crippen LogP contribution in [0.4, 0.5) is 0 Å². The first-order chi connectivity index (χ1) is 8.66. The second-order valence-corrected chi connectivity index (χ2v) is 7.21. The summed E-state index contributed by atoms with van der Waals surface area (Å²) in [5.41, 5.74) is 0.575. The van der Waals surface area contributed by atoms with Crippen LogP contribution in [0.5, 0.6) is 0 Å². The highest BCUT2D eigenvalue weighted by Gasteiger charge is 2.22. The normalized spacial score (nSPS) is 26.3. The summed E-state index contributed by atoms with van der Waals surface area (Å²) < 4.78 is 0. The van der Waals surface area contributed by atoms with Crippen molar-refractivity contribution in [2.75, 3.05) is 32.7 Å². The minimum atomic E-state index is 0.575. The van der Waals surface area contributed by atoms with E-state index in [2.05, 4.69) is 24.1 Å². The number of nitrogens with zero attached hydrogens (tertiary/aromatic N) is 1. The zero-order valence-corrected chi connectivity index (χ0v) is 12.5. The highest BCUT2D eigenvalue weighted by molar-refractivity contribution is 4.76. The van der Waals surface area contributed by atoms with E-state index in [0.717, 1.165) is 5.92 Å². The maximum absolute atomic E-state index is 3.67. The van der Waals surface area contributed by atoms with Crippen molar-refractivity contribution >= 4 is 0 Å². The fourth-order valence-electron chi connectivity index (χ4n) is 3.46. The van der Waals surface area contributed by atoms with Crippen LogP contribution in [-0.2, 0) is 0 Å². The maximum Gasteiger partial charge on any atom is 0.0107 e. The first kappa shape index (κ1) is 14.3. The predicted octanol–water partition coefficient (Wildman–Crippen LogP) is 3.28. The molecule has 0 unspecified atom stereocenters. The van der Waals surface area contributed by atoms with E-state index in [9.17, 15) is 0 Å². The summed E-state index contributed by atoms with van der Waals surface area (Å²) in [6, 6.07) is 0. The SMILES string of the molecule is CC1(C)CCCN(CCNCC2CCCC2)CC1. The van der Waals surface area contributed by atoms with Gasteiger partial charge in [0.05, 0.1) is 0 Å². The Morgan fingerprint density at radius 3 is 2.61 bits per heavy atom. The van der Waals surface area contributed by atoms with Gasteiger partial charge in [-0.25, -0.2) is 0 Å². The standard InChI is InChI=1S/C16H32N2/c1-16(2)8-5-11-18(12-9-16)13-10-17-14-15-6-3-4-7-15/h15,17H,3-14H2,1-2H3. The third kappa shape index (κ3) is 4.89. The zero-order valence-electron chi connectivity index (χ0n) is 12.5. The van der Waals surface area contributed by atoms with Crippen LogP contribution in [0.3, 0.4) is 0 Å². The van der Waals surface area contributed by atoms with E-state index in [-0.39, 0.29) is 0 Å². The van der Waals surface area contributed by atoms with Gasteiger partial charge < -0.3 is 10.2 Å². The van der Waals surface area contributed by atoms with Crippen LogP contribution >= 0.6 is 0 Å². The Kier molecular flexibility index (Phi) is 5.50. The van der Waals surface area contributed by atoms with Crippen LogP contribution < -0.4 is 5.32 Å². The summed E-state index contributed by atoms with van der Waals surface area (Å²) in [5.74, 6) is 0.980. The van der Waals surface area contributed by atoms with E-state index in [4.69, 9.17) is 0 Å². The molecule has 0 spiro atoms. The van der Waals surface area contributed by atoms with Gasteiger partial charge in [-0.05, 0) is 63.1 Å². The molecule has 1 saturated heterocycles. The average Bonchev–Trinajstić information content (AvgIpc) is 2.77. The highest BCUT2D eigenvalue weighted by atomic mass is 15.1. The van der Waals surface area contributed by atoms with Crippen molar-refractivity contribution < 1.29 is 0 Å². The molecule has 2 aliphatic rings. The first-order valence-electron chi connectivity index (χ1n) is 8.09. The van der Waals surface area contributed by atoms with Crippen molar-refractivity contribution in [2.45, 2.75) is 58.8 Å². The molecule has 0 amide bonds. The summed E-state index contributed by atoms with van der Waals surface area (Å²) in [5, 5.41) is 3.67. The summed E-state index contributed by atoms with van der Waals surface area (Å²) >= 11 is 0. The molecule has 1 aliphatic carbocycles. The quantitative estimate of drug-likeness (QED) is 0.755. The smallest absolute Gasteiger partial charge is 0.0107 e. The van der Waals surface area contributed by atoms with Gasteiger partial charge in [0.15, 0.2) is 0 Å². The number of rotatable bonds is 5. The molecule has 2 rings (SSSR count). The number of hydrogen-bond donors (Lipinski definition) is 1. The van der Waals surface area contributed by atoms with Crippen LogP contribution in [0.25, 0.3) is 0 Å². The molecule has 2 heteroatoms. The van der Waals surface area contributed by atoms with Gasteiger partial charge in [-0.3, -0.25) is 0 Å². The van der Waals surface area contributed by atoms with Crippen LogP contribution in [0.15, 0.2) is 0 Å². The third-order valence-corrected chi connectivity index (χ3v) is 4.95. The van der Waals surface area contributed by atoms with Crippen LogP contribution in [0.2, 0.25) is 0 Å². The van der Waals surface area contributed by atoms with Crippen LogP contribution in [0, 0.1) is 11.3 Å². The topological polar surface area (TPSA) is 15.3 Å². The van der Waals surface area contributed by atoms with Gasteiger partial charge >= 0.3 is 0 Å². The molecule has 0 radical (unpaired) electrons. The van der Waals surface area contributed by atoms with E-state index in [1.54, 1.807) is 0 Å². The molecule has 1 saturated carbocycles. The molecule has 1 heterocycles. The third-order valence-electron chi connectivity index (χ3n) is 4.95. The van der Waals surface area contributed by atoms with Gasteiger partial charge in [0.2, 0.25) is 0 Å². The van der Waals surface area contributed by atoms with E-state index < -0.39 is 0 Å². The number of hydrogen-bond acceptors (Lipinski definition) is 2. The highest BCUT2D eigenvalue weighted by Crippen LogP contribution is 2.29. The average molecular weight is 252 g/mol. The van der Waals surface area contributed by atoms with E-state index in [1.165, 1.54) is 77.7 Å². The van der Waals surface area contributed by atoms with E-state index >= 15 is 0 Å². The van der Waals surface area contributed by atoms with Gasteiger partial charge in [-0.2, -0.15) is 0 Å². The summed E-state index contributed by atoms with van der Waals surface area (Å²) in [7, 11) is 0. The van der Waals surface area contributed by atoms with Crippen LogP contribution in [-0.4, -0.2) is 37.6 Å². The molecule has 0 atom stereocenters. The molecular weight excluding hydrogens is 220 g/mol. The minimum Gasteiger partial charge on any atom is -0.315 e. The molecule has 106 valence electrons. The van der Waals surface area contributed by atoms with Gasteiger partial charge in [-0.1, -0.05) is 26.7 Å². The van der Waals surface area contributed by atoms with Crippen molar-refractivity contribution in [1.29, 1.82) is 0 Å². The fourth-order valence-corrected chi connectivity index (χ4v) is 3.46. The molecule has 1 N–H and O–H groups in total. The second-order valence-electron chi connectivity index (χ2n) is 7.21. The Bertz CT molecular complexity index is 231. The Morgan fingerprint density at radius 1 is 1.06 bits per heavy atom. The number of likely N-dealkylation sites (tertiary alicyclic amines) is 1. The van der Waals surface area contributed by atoms with Gasteiger partial charge in [0.1, 0.15) is 0 Å². The summed E-state index contributed by atoms with van der Waals surface area (Å²) in [6.45, 7) is 11.2. The monoisotopic (exact) mass is 252 g/mol. The molecule has 0 aromatic heterocycles. The molecule has 0 aromatic rings. The first-order valence-corrected chi connectivity index (χ1v) is 8.09. The Balaban J connectivity index is 1.55.